The zero-order valence-corrected chi connectivity index (χ0v) is 28.1. The number of amides is 1. The van der Waals surface area contributed by atoms with Crippen LogP contribution in [0.2, 0.25) is 0 Å². The van der Waals surface area contributed by atoms with Crippen LogP contribution in [0.1, 0.15) is 31.9 Å². The molecule has 0 bridgehead atoms. The number of carbonyl (C=O) groups is 1. The molecule has 5 aromatic rings. The third-order valence-corrected chi connectivity index (χ3v) is 10.7. The first kappa shape index (κ1) is 33.7. The lowest BCUT2D eigenvalue weighted by molar-refractivity contribution is -0.0000150. The van der Waals surface area contributed by atoms with Crippen LogP contribution in [-0.4, -0.2) is 23.3 Å². The van der Waals surface area contributed by atoms with Crippen molar-refractivity contribution in [1.29, 1.82) is 0 Å². The van der Waals surface area contributed by atoms with Gasteiger partial charge in [0.25, 0.3) is 0 Å². The van der Waals surface area contributed by atoms with Gasteiger partial charge in [-0.1, -0.05) is 91.5 Å². The van der Waals surface area contributed by atoms with E-state index in [2.05, 4.69) is 115 Å². The van der Waals surface area contributed by atoms with Crippen molar-refractivity contribution in [3.05, 3.63) is 157 Å². The van der Waals surface area contributed by atoms with Gasteiger partial charge < -0.3 is 34.0 Å². The van der Waals surface area contributed by atoms with Gasteiger partial charge in [0.2, 0.25) is 0 Å². The lowest BCUT2D eigenvalue weighted by atomic mass is 10.00. The van der Waals surface area contributed by atoms with E-state index in [4.69, 9.17) is 4.74 Å². The molecule has 220 valence electrons. The minimum atomic E-state index is -1.53. The fourth-order valence-electron chi connectivity index (χ4n) is 4.56. The number of nitrogens with one attached hydrogen (secondary N) is 1. The van der Waals surface area contributed by atoms with Crippen molar-refractivity contribution in [3.8, 4) is 5.75 Å². The molecule has 0 saturated carbocycles. The molecule has 4 nitrogen and oxygen atoms in total. The lowest BCUT2D eigenvalue weighted by Crippen LogP contribution is -3.00. The Balaban J connectivity index is 0.000000231. The molecule has 1 heterocycles. The number of aromatic nitrogens is 1. The van der Waals surface area contributed by atoms with E-state index >= 15 is 0 Å². The van der Waals surface area contributed by atoms with Crippen LogP contribution in [0.3, 0.4) is 0 Å². The summed E-state index contributed by atoms with van der Waals surface area (Å²) in [6.45, 7) is 12.2. The van der Waals surface area contributed by atoms with Crippen LogP contribution in [0.4, 0.5) is 4.79 Å². The summed E-state index contributed by atoms with van der Waals surface area (Å²) in [6.07, 6.45) is 2.66. The van der Waals surface area contributed by atoms with E-state index in [9.17, 15) is 4.79 Å². The summed E-state index contributed by atoms with van der Waals surface area (Å²) < 4.78 is 5.39. The van der Waals surface area contributed by atoms with E-state index in [-0.39, 0.29) is 29.5 Å². The first-order valence-electron chi connectivity index (χ1n) is 13.9. The Kier molecular flexibility index (Phi) is 12.2. The quantitative estimate of drug-likeness (QED) is 0.208. The molecular formula is C37H38IN2O2P. The normalized spacial score (nSPS) is 10.8. The van der Waals surface area contributed by atoms with Crippen molar-refractivity contribution < 1.29 is 33.5 Å². The number of nitrogens with zero attached hydrogens (tertiary/aromatic N) is 1. The molecule has 0 fully saturated rings. The van der Waals surface area contributed by atoms with Crippen LogP contribution in [0, 0.1) is 0 Å². The van der Waals surface area contributed by atoms with Crippen molar-refractivity contribution in [3.63, 3.8) is 0 Å². The summed E-state index contributed by atoms with van der Waals surface area (Å²) in [5.41, 5.74) is 2.12. The average molecular weight is 701 g/mol. The zero-order chi connectivity index (χ0) is 30.0. The van der Waals surface area contributed by atoms with E-state index in [0.717, 1.165) is 16.7 Å². The maximum Gasteiger partial charge on any atom is 0.413 e. The molecule has 0 aliphatic heterocycles. The van der Waals surface area contributed by atoms with Crippen molar-refractivity contribution in [2.24, 2.45) is 0 Å². The smallest absolute Gasteiger partial charge is 0.413 e. The summed E-state index contributed by atoms with van der Waals surface area (Å²) >= 11 is 0. The standard InChI is InChI=1S/C19H18P.C18H20N2O2.HI/c1-20(17-11-5-2-6-12-17,18-13-7-3-8-14-18)19-15-9-4-10-16-19;1-13(14-8-6-5-7-9-14)15-10-11-19-12-16(15)22-17(21)20-18(2,3)4;/h2-16H,1H3;5-12H,1H2,2-4H3,(H,20,21);1H/q+1;;/p-1. The number of carbonyl (C=O) groups excluding carboxylic acids is 1. The largest absolute Gasteiger partial charge is 1.00 e. The molecule has 1 amide bonds. The summed E-state index contributed by atoms with van der Waals surface area (Å²) in [7, 11) is -1.53. The Hall–Kier alpha value is -3.80. The van der Waals surface area contributed by atoms with Crippen LogP contribution in [-0.2, 0) is 0 Å². The average Bonchev–Trinajstić information content (AvgIpc) is 3.02. The van der Waals surface area contributed by atoms with Gasteiger partial charge >= 0.3 is 6.09 Å². The number of hydrogen-bond acceptors (Lipinski definition) is 3. The van der Waals surface area contributed by atoms with Gasteiger partial charge in [-0.3, -0.25) is 4.98 Å². The highest BCUT2D eigenvalue weighted by Crippen LogP contribution is 2.51. The summed E-state index contributed by atoms with van der Waals surface area (Å²) in [5, 5.41) is 7.04. The molecule has 0 saturated heterocycles. The summed E-state index contributed by atoms with van der Waals surface area (Å²) in [6, 6.07) is 44.2. The van der Waals surface area contributed by atoms with E-state index in [1.54, 1.807) is 12.3 Å². The second kappa shape index (κ2) is 15.6. The molecule has 1 aromatic heterocycles. The molecule has 0 spiro atoms. The van der Waals surface area contributed by atoms with Crippen molar-refractivity contribution in [1.82, 2.24) is 10.3 Å². The zero-order valence-electron chi connectivity index (χ0n) is 25.1. The number of hydrogen-bond donors (Lipinski definition) is 1. The molecule has 0 aliphatic rings. The van der Waals surface area contributed by atoms with Gasteiger partial charge in [-0.25, -0.2) is 4.79 Å². The van der Waals surface area contributed by atoms with Gasteiger partial charge in [0.05, 0.1) is 12.9 Å². The minimum Gasteiger partial charge on any atom is -1.00 e. The van der Waals surface area contributed by atoms with Crippen molar-refractivity contribution >= 4 is 34.8 Å². The van der Waals surface area contributed by atoms with E-state index in [1.807, 2.05) is 51.1 Å². The van der Waals surface area contributed by atoms with Crippen LogP contribution < -0.4 is 49.9 Å². The van der Waals surface area contributed by atoms with Crippen molar-refractivity contribution in [2.75, 3.05) is 6.66 Å². The number of ether oxygens (including phenoxy) is 1. The Morgan fingerprint density at radius 1 is 0.721 bits per heavy atom. The predicted octanol–water partition coefficient (Wildman–Crippen LogP) is 4.64. The minimum absolute atomic E-state index is 0. The first-order chi connectivity index (χ1) is 20.2. The first-order valence-corrected chi connectivity index (χ1v) is 16.1. The molecule has 0 atom stereocenters. The fourth-order valence-corrected chi connectivity index (χ4v) is 7.76. The topological polar surface area (TPSA) is 51.2 Å². The lowest BCUT2D eigenvalue weighted by Gasteiger charge is -2.22. The number of pyridine rings is 1. The van der Waals surface area contributed by atoms with E-state index in [1.165, 1.54) is 22.1 Å². The molecule has 43 heavy (non-hydrogen) atoms. The molecule has 1 N–H and O–H groups in total. The summed E-state index contributed by atoms with van der Waals surface area (Å²) in [4.78, 5) is 16.0. The maximum atomic E-state index is 11.9. The van der Waals surface area contributed by atoms with Gasteiger partial charge in [-0.2, -0.15) is 0 Å². The molecule has 0 radical (unpaired) electrons. The van der Waals surface area contributed by atoms with E-state index in [0.29, 0.717) is 5.75 Å². The van der Waals surface area contributed by atoms with Gasteiger partial charge in [0.1, 0.15) is 23.2 Å². The highest BCUT2D eigenvalue weighted by Gasteiger charge is 2.39. The Labute approximate surface area is 273 Å². The monoisotopic (exact) mass is 700 g/mol. The van der Waals surface area contributed by atoms with Gasteiger partial charge in [0, 0.05) is 17.3 Å². The van der Waals surface area contributed by atoms with E-state index < -0.39 is 13.4 Å². The second-order valence-corrected chi connectivity index (χ2v) is 14.6. The Morgan fingerprint density at radius 3 is 1.56 bits per heavy atom. The summed E-state index contributed by atoms with van der Waals surface area (Å²) in [5.74, 6) is 0.387. The molecule has 6 heteroatoms. The number of benzene rings is 4. The SMILES string of the molecule is C=C(c1ccccc1)c1ccncc1OC(=O)NC(C)(C)C.C[P+](c1ccccc1)(c1ccccc1)c1ccccc1.[I-]. The molecule has 4 aromatic carbocycles. The molecule has 0 aliphatic carbocycles. The second-order valence-electron chi connectivity index (χ2n) is 11.0. The maximum absolute atomic E-state index is 11.9. The van der Waals surface area contributed by atoms with Gasteiger partial charge in [-0.05, 0) is 74.4 Å². The number of rotatable bonds is 6. The predicted molar refractivity (Wildman–Crippen MR) is 179 cm³/mol. The highest BCUT2D eigenvalue weighted by molar-refractivity contribution is 7.95. The van der Waals surface area contributed by atoms with Crippen LogP contribution >= 0.6 is 7.26 Å². The third kappa shape index (κ3) is 9.09. The molecular weight excluding hydrogens is 662 g/mol. The van der Waals surface area contributed by atoms with Gasteiger partial charge in [0.15, 0.2) is 5.75 Å². The molecule has 5 rings (SSSR count). The highest BCUT2D eigenvalue weighted by atomic mass is 127. The number of halogens is 1. The van der Waals surface area contributed by atoms with Crippen molar-refractivity contribution in [2.45, 2.75) is 26.3 Å². The van der Waals surface area contributed by atoms with Crippen LogP contribution in [0.5, 0.6) is 5.75 Å². The third-order valence-electron chi connectivity index (χ3n) is 6.73. The Bertz CT molecular complexity index is 1490. The van der Waals surface area contributed by atoms with Gasteiger partial charge in [-0.15, -0.1) is 0 Å². The Morgan fingerprint density at radius 2 is 1.14 bits per heavy atom. The fraction of sp³-hybridized carbons (Fsp3) is 0.135. The van der Waals surface area contributed by atoms with Crippen LogP contribution in [0.15, 0.2) is 146 Å². The van der Waals surface area contributed by atoms with Crippen LogP contribution in [0.25, 0.3) is 5.57 Å². The molecule has 0 unspecified atom stereocenters.